The molecule has 0 aliphatic carbocycles. The third-order valence-electron chi connectivity index (χ3n) is 4.13. The third kappa shape index (κ3) is 3.45. The van der Waals surface area contributed by atoms with Crippen molar-refractivity contribution >= 4 is 11.6 Å². The van der Waals surface area contributed by atoms with Crippen LogP contribution in [0.4, 0.5) is 5.69 Å². The fourth-order valence-electron chi connectivity index (χ4n) is 2.42. The van der Waals surface area contributed by atoms with Crippen LogP contribution in [0.5, 0.6) is 17.2 Å². The minimum atomic E-state index is -0.774. The Balaban J connectivity index is 2.30. The number of rotatable bonds is 5. The summed E-state index contributed by atoms with van der Waals surface area (Å²) in [6, 6.07) is 10.3. The van der Waals surface area contributed by atoms with Crippen LogP contribution in [-0.4, -0.2) is 25.2 Å². The highest BCUT2D eigenvalue weighted by Gasteiger charge is 2.31. The molecule has 5 heteroatoms. The lowest BCUT2D eigenvalue weighted by Gasteiger charge is -2.25. The van der Waals surface area contributed by atoms with Gasteiger partial charge in [0.15, 0.2) is 11.5 Å². The third-order valence-corrected chi connectivity index (χ3v) is 4.13. The quantitative estimate of drug-likeness (QED) is 0.822. The largest absolute Gasteiger partial charge is 0.508 e. The summed E-state index contributed by atoms with van der Waals surface area (Å²) in [7, 11) is 3.14. The smallest absolute Gasteiger partial charge is 0.234 e. The van der Waals surface area contributed by atoms with E-state index in [9.17, 15) is 9.90 Å². The average Bonchev–Trinajstić information content (AvgIpc) is 2.56. The van der Waals surface area contributed by atoms with E-state index in [0.717, 1.165) is 11.1 Å². The number of hydrogen-bond acceptors (Lipinski definition) is 4. The zero-order valence-electron chi connectivity index (χ0n) is 14.6. The van der Waals surface area contributed by atoms with Crippen LogP contribution in [0.2, 0.25) is 0 Å². The fraction of sp³-hybridized carbons (Fsp3) is 0.316. The highest BCUT2D eigenvalue weighted by molar-refractivity contribution is 5.99. The molecule has 2 N–H and O–H groups in total. The second-order valence-electron chi connectivity index (χ2n) is 6.15. The van der Waals surface area contributed by atoms with Crippen LogP contribution >= 0.6 is 0 Å². The van der Waals surface area contributed by atoms with Gasteiger partial charge in [-0.05, 0) is 62.2 Å². The number of nitrogens with one attached hydrogen (secondary N) is 1. The Labute approximate surface area is 142 Å². The maximum absolute atomic E-state index is 12.8. The van der Waals surface area contributed by atoms with Crippen molar-refractivity contribution in [2.75, 3.05) is 19.5 Å². The lowest BCUT2D eigenvalue weighted by molar-refractivity contribution is -0.120. The number of hydrogen-bond donors (Lipinski definition) is 2. The maximum atomic E-state index is 12.8. The topological polar surface area (TPSA) is 67.8 Å². The van der Waals surface area contributed by atoms with E-state index >= 15 is 0 Å². The van der Waals surface area contributed by atoms with Crippen LogP contribution in [0.3, 0.4) is 0 Å². The zero-order chi connectivity index (χ0) is 17.9. The lowest BCUT2D eigenvalue weighted by atomic mass is 9.83. The van der Waals surface area contributed by atoms with Gasteiger partial charge >= 0.3 is 0 Å². The molecule has 24 heavy (non-hydrogen) atoms. The molecular formula is C19H23NO4. The molecule has 2 aromatic carbocycles. The van der Waals surface area contributed by atoms with Gasteiger partial charge in [-0.25, -0.2) is 0 Å². The first-order valence-corrected chi connectivity index (χ1v) is 7.63. The van der Waals surface area contributed by atoms with Gasteiger partial charge in [0.2, 0.25) is 5.91 Å². The van der Waals surface area contributed by atoms with Crippen LogP contribution < -0.4 is 14.8 Å². The molecule has 2 aromatic rings. The Bertz CT molecular complexity index is 753. The molecular weight excluding hydrogens is 306 g/mol. The second-order valence-corrected chi connectivity index (χ2v) is 6.15. The Morgan fingerprint density at radius 3 is 2.29 bits per heavy atom. The summed E-state index contributed by atoms with van der Waals surface area (Å²) in [6.45, 7) is 5.53. The number of aryl methyl sites for hydroxylation is 1. The van der Waals surface area contributed by atoms with E-state index in [1.165, 1.54) is 0 Å². The summed E-state index contributed by atoms with van der Waals surface area (Å²) in [4.78, 5) is 12.8. The molecule has 0 unspecified atom stereocenters. The number of carbonyl (C=O) groups is 1. The normalized spacial score (nSPS) is 11.0. The number of amides is 1. The summed E-state index contributed by atoms with van der Waals surface area (Å²) in [5.41, 5.74) is 1.51. The van der Waals surface area contributed by atoms with Crippen LogP contribution in [0.25, 0.3) is 0 Å². The van der Waals surface area contributed by atoms with Gasteiger partial charge in [-0.15, -0.1) is 0 Å². The van der Waals surface area contributed by atoms with Gasteiger partial charge in [-0.3, -0.25) is 4.79 Å². The predicted molar refractivity (Wildman–Crippen MR) is 94.0 cm³/mol. The van der Waals surface area contributed by atoms with Crippen molar-refractivity contribution in [3.05, 3.63) is 47.5 Å². The minimum Gasteiger partial charge on any atom is -0.508 e. The van der Waals surface area contributed by atoms with Crippen molar-refractivity contribution in [3.63, 3.8) is 0 Å². The Hall–Kier alpha value is -2.69. The number of benzene rings is 2. The van der Waals surface area contributed by atoms with E-state index in [0.29, 0.717) is 17.2 Å². The number of carbonyl (C=O) groups excluding carboxylic acids is 1. The maximum Gasteiger partial charge on any atom is 0.234 e. The van der Waals surface area contributed by atoms with Crippen molar-refractivity contribution in [2.45, 2.75) is 26.2 Å². The van der Waals surface area contributed by atoms with E-state index in [1.807, 2.05) is 32.9 Å². The van der Waals surface area contributed by atoms with Crippen LogP contribution in [0.1, 0.15) is 25.0 Å². The minimum absolute atomic E-state index is 0.150. The summed E-state index contributed by atoms with van der Waals surface area (Å²) in [5, 5.41) is 12.4. The lowest BCUT2D eigenvalue weighted by Crippen LogP contribution is -2.35. The highest BCUT2D eigenvalue weighted by Crippen LogP contribution is 2.34. The molecule has 0 saturated heterocycles. The van der Waals surface area contributed by atoms with Gasteiger partial charge in [0.05, 0.1) is 19.6 Å². The van der Waals surface area contributed by atoms with Crippen molar-refractivity contribution < 1.29 is 19.4 Å². The van der Waals surface area contributed by atoms with Gasteiger partial charge in [-0.2, -0.15) is 0 Å². The Morgan fingerprint density at radius 1 is 1.04 bits per heavy atom. The molecule has 0 saturated carbocycles. The first-order chi connectivity index (χ1) is 11.3. The van der Waals surface area contributed by atoms with Gasteiger partial charge < -0.3 is 19.9 Å². The number of anilines is 1. The summed E-state index contributed by atoms with van der Waals surface area (Å²) >= 11 is 0. The molecule has 0 aliphatic rings. The number of aromatic hydroxyl groups is 1. The SMILES string of the molecule is COc1ccc(C(C)(C)C(=O)Nc2ccc(O)cc2C)cc1OC. The van der Waals surface area contributed by atoms with Crippen molar-refractivity contribution in [2.24, 2.45) is 0 Å². The van der Waals surface area contributed by atoms with Gasteiger partial charge in [-0.1, -0.05) is 6.07 Å². The molecule has 0 aromatic heterocycles. The van der Waals surface area contributed by atoms with Crippen molar-refractivity contribution in [1.82, 2.24) is 0 Å². The summed E-state index contributed by atoms with van der Waals surface area (Å²) in [5.74, 6) is 1.22. The number of ether oxygens (including phenoxy) is 2. The fourth-order valence-corrected chi connectivity index (χ4v) is 2.42. The van der Waals surface area contributed by atoms with E-state index < -0.39 is 5.41 Å². The van der Waals surface area contributed by atoms with E-state index in [4.69, 9.17) is 9.47 Å². The standard InChI is InChI=1S/C19H23NO4/c1-12-10-14(21)7-8-15(12)20-18(22)19(2,3)13-6-9-16(23-4)17(11-13)24-5/h6-11,21H,1-5H3,(H,20,22). The molecule has 0 spiro atoms. The van der Waals surface area contributed by atoms with Crippen molar-refractivity contribution in [3.8, 4) is 17.2 Å². The van der Waals surface area contributed by atoms with Crippen molar-refractivity contribution in [1.29, 1.82) is 0 Å². The summed E-state index contributed by atoms with van der Waals surface area (Å²) < 4.78 is 10.6. The predicted octanol–water partition coefficient (Wildman–Crippen LogP) is 3.63. The molecule has 5 nitrogen and oxygen atoms in total. The van der Waals surface area contributed by atoms with Gasteiger partial charge in [0.25, 0.3) is 0 Å². The van der Waals surface area contributed by atoms with E-state index in [1.54, 1.807) is 38.5 Å². The zero-order valence-corrected chi connectivity index (χ0v) is 14.6. The first kappa shape index (κ1) is 17.7. The van der Waals surface area contributed by atoms with E-state index in [-0.39, 0.29) is 11.7 Å². The molecule has 0 heterocycles. The molecule has 1 amide bonds. The number of methoxy groups -OCH3 is 2. The molecule has 0 aliphatic heterocycles. The second kappa shape index (κ2) is 6.83. The first-order valence-electron chi connectivity index (χ1n) is 7.63. The van der Waals surface area contributed by atoms with E-state index in [2.05, 4.69) is 5.32 Å². The molecule has 0 radical (unpaired) electrons. The van der Waals surface area contributed by atoms with Gasteiger partial charge in [0.1, 0.15) is 5.75 Å². The Morgan fingerprint density at radius 2 is 1.71 bits per heavy atom. The number of phenolic OH excluding ortho intramolecular Hbond substituents is 1. The number of phenols is 1. The molecule has 0 atom stereocenters. The Kier molecular flexibility index (Phi) is 5.02. The highest BCUT2D eigenvalue weighted by atomic mass is 16.5. The van der Waals surface area contributed by atoms with Crippen LogP contribution in [0.15, 0.2) is 36.4 Å². The average molecular weight is 329 g/mol. The van der Waals surface area contributed by atoms with Gasteiger partial charge in [0, 0.05) is 5.69 Å². The molecule has 0 bridgehead atoms. The van der Waals surface area contributed by atoms with Crippen LogP contribution in [0, 0.1) is 6.92 Å². The monoisotopic (exact) mass is 329 g/mol. The summed E-state index contributed by atoms with van der Waals surface area (Å²) in [6.07, 6.45) is 0. The molecule has 128 valence electrons. The molecule has 0 fully saturated rings. The van der Waals surface area contributed by atoms with Crippen LogP contribution in [-0.2, 0) is 10.2 Å². The molecule has 2 rings (SSSR count).